The number of hydrogen-bond donors (Lipinski definition) is 3. The standard InChI is InChI=1S/C12H20N4O/c1-9-7-10(16-11(13-2)15-9)14-8-12(17)5-3-4-6-12/h7,17H,3-6,8H2,1-2H3,(H2,13,14,15,16). The molecule has 1 aromatic heterocycles. The molecule has 0 unspecified atom stereocenters. The summed E-state index contributed by atoms with van der Waals surface area (Å²) < 4.78 is 0. The lowest BCUT2D eigenvalue weighted by Crippen LogP contribution is -2.33. The van der Waals surface area contributed by atoms with Gasteiger partial charge in [0.15, 0.2) is 0 Å². The summed E-state index contributed by atoms with van der Waals surface area (Å²) in [5.41, 5.74) is 0.351. The van der Waals surface area contributed by atoms with E-state index >= 15 is 0 Å². The third kappa shape index (κ3) is 3.06. The van der Waals surface area contributed by atoms with E-state index in [1.165, 1.54) is 0 Å². The highest BCUT2D eigenvalue weighted by Gasteiger charge is 2.30. The lowest BCUT2D eigenvalue weighted by Gasteiger charge is -2.22. The molecule has 0 saturated heterocycles. The molecular formula is C12H20N4O. The highest BCUT2D eigenvalue weighted by Crippen LogP contribution is 2.29. The number of nitrogens with one attached hydrogen (secondary N) is 2. The molecule has 1 aliphatic rings. The van der Waals surface area contributed by atoms with Gasteiger partial charge in [0.05, 0.1) is 5.60 Å². The van der Waals surface area contributed by atoms with Crippen LogP contribution in [0.1, 0.15) is 31.4 Å². The van der Waals surface area contributed by atoms with Crippen molar-refractivity contribution in [3.05, 3.63) is 11.8 Å². The third-order valence-corrected chi connectivity index (χ3v) is 3.21. The number of hydrogen-bond acceptors (Lipinski definition) is 5. The fraction of sp³-hybridized carbons (Fsp3) is 0.667. The van der Waals surface area contributed by atoms with Crippen LogP contribution in [0.25, 0.3) is 0 Å². The van der Waals surface area contributed by atoms with Gasteiger partial charge >= 0.3 is 0 Å². The summed E-state index contributed by atoms with van der Waals surface area (Å²) in [5, 5.41) is 16.3. The zero-order valence-corrected chi connectivity index (χ0v) is 10.5. The van der Waals surface area contributed by atoms with Crippen LogP contribution in [0, 0.1) is 6.92 Å². The molecule has 0 spiro atoms. The Kier molecular flexibility index (Phi) is 3.47. The molecule has 0 aliphatic heterocycles. The Hall–Kier alpha value is -1.36. The lowest BCUT2D eigenvalue weighted by molar-refractivity contribution is 0.0614. The van der Waals surface area contributed by atoms with Gasteiger partial charge in [-0.2, -0.15) is 4.98 Å². The van der Waals surface area contributed by atoms with Crippen LogP contribution in [0.2, 0.25) is 0 Å². The van der Waals surface area contributed by atoms with E-state index in [-0.39, 0.29) is 0 Å². The fourth-order valence-corrected chi connectivity index (χ4v) is 2.24. The van der Waals surface area contributed by atoms with Crippen LogP contribution in [0.15, 0.2) is 6.07 Å². The third-order valence-electron chi connectivity index (χ3n) is 3.21. The van der Waals surface area contributed by atoms with E-state index in [2.05, 4.69) is 20.6 Å². The summed E-state index contributed by atoms with van der Waals surface area (Å²) in [6.07, 6.45) is 3.98. The molecule has 1 fully saturated rings. The van der Waals surface area contributed by atoms with E-state index in [4.69, 9.17) is 0 Å². The molecule has 0 radical (unpaired) electrons. The minimum absolute atomic E-state index is 0.557. The lowest BCUT2D eigenvalue weighted by atomic mass is 10.0. The van der Waals surface area contributed by atoms with Gasteiger partial charge in [0.2, 0.25) is 5.95 Å². The predicted molar refractivity (Wildman–Crippen MR) is 68.2 cm³/mol. The van der Waals surface area contributed by atoms with E-state index in [1.54, 1.807) is 7.05 Å². The van der Waals surface area contributed by atoms with Crippen molar-refractivity contribution in [3.63, 3.8) is 0 Å². The molecule has 1 aromatic rings. The Balaban J connectivity index is 2.00. The maximum atomic E-state index is 10.2. The normalized spacial score (nSPS) is 18.1. The number of aryl methyl sites for hydroxylation is 1. The summed E-state index contributed by atoms with van der Waals surface area (Å²) in [6, 6.07) is 1.89. The molecule has 1 heterocycles. The Morgan fingerprint density at radius 1 is 1.35 bits per heavy atom. The first-order valence-corrected chi connectivity index (χ1v) is 6.11. The summed E-state index contributed by atoms with van der Waals surface area (Å²) in [6.45, 7) is 2.49. The van der Waals surface area contributed by atoms with Crippen LogP contribution in [-0.4, -0.2) is 34.3 Å². The highest BCUT2D eigenvalue weighted by molar-refractivity contribution is 5.42. The highest BCUT2D eigenvalue weighted by atomic mass is 16.3. The Morgan fingerprint density at radius 3 is 2.71 bits per heavy atom. The van der Waals surface area contributed by atoms with Crippen LogP contribution in [-0.2, 0) is 0 Å². The van der Waals surface area contributed by atoms with E-state index in [1.807, 2.05) is 13.0 Å². The van der Waals surface area contributed by atoms with Crippen LogP contribution in [0.5, 0.6) is 0 Å². The molecule has 0 amide bonds. The zero-order chi connectivity index (χ0) is 12.3. The van der Waals surface area contributed by atoms with Crippen molar-refractivity contribution in [2.24, 2.45) is 0 Å². The predicted octanol–water partition coefficient (Wildman–Crippen LogP) is 1.54. The van der Waals surface area contributed by atoms with Crippen molar-refractivity contribution in [2.75, 3.05) is 24.2 Å². The minimum atomic E-state index is -0.557. The van der Waals surface area contributed by atoms with E-state index in [0.29, 0.717) is 12.5 Å². The van der Waals surface area contributed by atoms with Gasteiger partial charge in [0.1, 0.15) is 5.82 Å². The summed E-state index contributed by atoms with van der Waals surface area (Å²) in [4.78, 5) is 8.52. The van der Waals surface area contributed by atoms with Crippen molar-refractivity contribution < 1.29 is 5.11 Å². The van der Waals surface area contributed by atoms with Gasteiger partial charge < -0.3 is 15.7 Å². The van der Waals surface area contributed by atoms with E-state index < -0.39 is 5.60 Å². The first-order valence-electron chi connectivity index (χ1n) is 6.11. The quantitative estimate of drug-likeness (QED) is 0.740. The Morgan fingerprint density at radius 2 is 2.06 bits per heavy atom. The molecule has 94 valence electrons. The van der Waals surface area contributed by atoms with E-state index in [9.17, 15) is 5.11 Å². The molecule has 5 nitrogen and oxygen atoms in total. The maximum Gasteiger partial charge on any atom is 0.224 e. The van der Waals surface area contributed by atoms with Gasteiger partial charge in [-0.05, 0) is 19.8 Å². The van der Waals surface area contributed by atoms with Gasteiger partial charge in [-0.15, -0.1) is 0 Å². The van der Waals surface area contributed by atoms with Crippen molar-refractivity contribution in [2.45, 2.75) is 38.2 Å². The second kappa shape index (κ2) is 4.87. The molecule has 17 heavy (non-hydrogen) atoms. The second-order valence-corrected chi connectivity index (χ2v) is 4.75. The number of rotatable bonds is 4. The molecule has 0 atom stereocenters. The van der Waals surface area contributed by atoms with Gasteiger partial charge in [0, 0.05) is 25.4 Å². The molecule has 2 rings (SSSR count). The van der Waals surface area contributed by atoms with Crippen molar-refractivity contribution in [3.8, 4) is 0 Å². The largest absolute Gasteiger partial charge is 0.388 e. The van der Waals surface area contributed by atoms with Gasteiger partial charge in [-0.25, -0.2) is 4.98 Å². The Bertz CT molecular complexity index is 388. The summed E-state index contributed by atoms with van der Waals surface area (Å²) >= 11 is 0. The molecule has 0 bridgehead atoms. The SMILES string of the molecule is CNc1nc(C)cc(NCC2(O)CCCC2)n1. The average Bonchev–Trinajstić information content (AvgIpc) is 2.73. The molecule has 0 aromatic carbocycles. The molecule has 1 saturated carbocycles. The fourth-order valence-electron chi connectivity index (χ4n) is 2.24. The van der Waals surface area contributed by atoms with Crippen LogP contribution in [0.3, 0.4) is 0 Å². The number of aliphatic hydroxyl groups is 1. The molecule has 3 N–H and O–H groups in total. The van der Waals surface area contributed by atoms with Crippen LogP contribution < -0.4 is 10.6 Å². The summed E-state index contributed by atoms with van der Waals surface area (Å²) in [7, 11) is 1.79. The second-order valence-electron chi connectivity index (χ2n) is 4.75. The first kappa shape index (κ1) is 12.1. The van der Waals surface area contributed by atoms with Crippen molar-refractivity contribution in [1.82, 2.24) is 9.97 Å². The smallest absolute Gasteiger partial charge is 0.224 e. The van der Waals surface area contributed by atoms with Gasteiger partial charge in [0.25, 0.3) is 0 Å². The summed E-state index contributed by atoms with van der Waals surface area (Å²) in [5.74, 6) is 1.37. The number of anilines is 2. The zero-order valence-electron chi connectivity index (χ0n) is 10.5. The topological polar surface area (TPSA) is 70.1 Å². The van der Waals surface area contributed by atoms with Crippen molar-refractivity contribution in [1.29, 1.82) is 0 Å². The van der Waals surface area contributed by atoms with Gasteiger partial charge in [-0.3, -0.25) is 0 Å². The van der Waals surface area contributed by atoms with Crippen LogP contribution >= 0.6 is 0 Å². The monoisotopic (exact) mass is 236 g/mol. The number of aromatic nitrogens is 2. The number of nitrogens with zero attached hydrogens (tertiary/aromatic N) is 2. The van der Waals surface area contributed by atoms with Gasteiger partial charge in [-0.1, -0.05) is 12.8 Å². The van der Waals surface area contributed by atoms with Crippen LogP contribution in [0.4, 0.5) is 11.8 Å². The average molecular weight is 236 g/mol. The van der Waals surface area contributed by atoms with Crippen molar-refractivity contribution >= 4 is 11.8 Å². The maximum absolute atomic E-state index is 10.2. The molecule has 5 heteroatoms. The molecule has 1 aliphatic carbocycles. The Labute approximate surface area is 102 Å². The molecular weight excluding hydrogens is 216 g/mol. The van der Waals surface area contributed by atoms with E-state index in [0.717, 1.165) is 37.2 Å². The first-order chi connectivity index (χ1) is 8.11. The minimum Gasteiger partial charge on any atom is -0.388 e.